The van der Waals surface area contributed by atoms with Gasteiger partial charge in [0.1, 0.15) is 6.10 Å². The van der Waals surface area contributed by atoms with Crippen LogP contribution in [0.15, 0.2) is 0 Å². The topological polar surface area (TPSA) is 46.6 Å². The molecular weight excluding hydrogens is 254 g/mol. The summed E-state index contributed by atoms with van der Waals surface area (Å²) < 4.78 is 5.79. The monoisotopic (exact) mass is 281 g/mol. The number of esters is 1. The van der Waals surface area contributed by atoms with E-state index in [0.29, 0.717) is 19.0 Å². The fraction of sp³-hybridized carbons (Fsp3) is 0.875. The summed E-state index contributed by atoms with van der Waals surface area (Å²) in [6, 6.07) is 0. The van der Waals surface area contributed by atoms with Crippen LogP contribution < -0.4 is 0 Å². The molecule has 114 valence electrons. The third-order valence-corrected chi connectivity index (χ3v) is 4.90. The van der Waals surface area contributed by atoms with Gasteiger partial charge in [-0.1, -0.05) is 13.3 Å². The van der Waals surface area contributed by atoms with E-state index in [4.69, 9.17) is 4.74 Å². The minimum Gasteiger partial charge on any atom is -0.462 e. The predicted octanol–water partition coefficient (Wildman–Crippen LogP) is 2.76. The molecule has 0 aromatic heterocycles. The van der Waals surface area contributed by atoms with Gasteiger partial charge in [0.2, 0.25) is 5.91 Å². The molecule has 2 aliphatic rings. The van der Waals surface area contributed by atoms with Crippen molar-refractivity contribution in [2.24, 2.45) is 11.8 Å². The Balaban J connectivity index is 1.81. The first-order chi connectivity index (χ1) is 9.61. The van der Waals surface area contributed by atoms with Gasteiger partial charge in [-0.25, -0.2) is 0 Å². The van der Waals surface area contributed by atoms with Crippen LogP contribution >= 0.6 is 0 Å². The number of nitrogens with zero attached hydrogens (tertiary/aromatic N) is 1. The number of hydrogen-bond acceptors (Lipinski definition) is 3. The van der Waals surface area contributed by atoms with Crippen molar-refractivity contribution in [2.45, 2.75) is 64.9 Å². The predicted molar refractivity (Wildman–Crippen MR) is 77.1 cm³/mol. The van der Waals surface area contributed by atoms with Crippen molar-refractivity contribution in [1.82, 2.24) is 4.90 Å². The highest BCUT2D eigenvalue weighted by atomic mass is 16.5. The van der Waals surface area contributed by atoms with Crippen LogP contribution in [0.4, 0.5) is 0 Å². The van der Waals surface area contributed by atoms with Gasteiger partial charge in [0.15, 0.2) is 0 Å². The summed E-state index contributed by atoms with van der Waals surface area (Å²) in [6.45, 7) is 5.16. The van der Waals surface area contributed by atoms with Gasteiger partial charge in [-0.2, -0.15) is 0 Å². The smallest absolute Gasteiger partial charge is 0.309 e. The number of ether oxygens (including phenoxy) is 1. The SMILES string of the molecule is CCC1CCCCC1OC(=O)C1CCN(C(C)=O)CC1. The standard InChI is InChI=1S/C16H27NO3/c1-3-13-6-4-5-7-15(13)20-16(19)14-8-10-17(11-9-14)12(2)18/h13-15H,3-11H2,1-2H3. The maximum atomic E-state index is 12.3. The lowest BCUT2D eigenvalue weighted by Crippen LogP contribution is -2.41. The van der Waals surface area contributed by atoms with E-state index >= 15 is 0 Å². The number of amides is 1. The van der Waals surface area contributed by atoms with Crippen molar-refractivity contribution < 1.29 is 14.3 Å². The van der Waals surface area contributed by atoms with Gasteiger partial charge in [-0.05, 0) is 44.4 Å². The second-order valence-corrected chi connectivity index (χ2v) is 6.21. The van der Waals surface area contributed by atoms with Crippen molar-refractivity contribution >= 4 is 11.9 Å². The minimum absolute atomic E-state index is 0.00923. The van der Waals surface area contributed by atoms with Crippen LogP contribution in [0.25, 0.3) is 0 Å². The van der Waals surface area contributed by atoms with Crippen LogP contribution in [-0.4, -0.2) is 36.0 Å². The Morgan fingerprint density at radius 2 is 1.75 bits per heavy atom. The molecule has 1 heterocycles. The molecule has 2 unspecified atom stereocenters. The Hall–Kier alpha value is -1.06. The van der Waals surface area contributed by atoms with Crippen LogP contribution in [0.3, 0.4) is 0 Å². The van der Waals surface area contributed by atoms with Crippen molar-refractivity contribution in [3.63, 3.8) is 0 Å². The maximum absolute atomic E-state index is 12.3. The lowest BCUT2D eigenvalue weighted by molar-refractivity contribution is -0.161. The van der Waals surface area contributed by atoms with E-state index < -0.39 is 0 Å². The van der Waals surface area contributed by atoms with Gasteiger partial charge in [-0.3, -0.25) is 9.59 Å². The van der Waals surface area contributed by atoms with E-state index in [1.165, 1.54) is 19.3 Å². The van der Waals surface area contributed by atoms with Gasteiger partial charge < -0.3 is 9.64 Å². The Kier molecular flexibility index (Phi) is 5.44. The van der Waals surface area contributed by atoms with Gasteiger partial charge in [0.05, 0.1) is 5.92 Å². The fourth-order valence-electron chi connectivity index (χ4n) is 3.47. The third-order valence-electron chi connectivity index (χ3n) is 4.90. The van der Waals surface area contributed by atoms with Crippen LogP contribution in [-0.2, 0) is 14.3 Å². The molecule has 0 N–H and O–H groups in total. The number of hydrogen-bond donors (Lipinski definition) is 0. The first kappa shape index (κ1) is 15.3. The van der Waals surface area contributed by atoms with E-state index in [0.717, 1.165) is 25.7 Å². The van der Waals surface area contributed by atoms with Crippen LogP contribution in [0.2, 0.25) is 0 Å². The third kappa shape index (κ3) is 3.74. The van der Waals surface area contributed by atoms with E-state index in [9.17, 15) is 9.59 Å². The van der Waals surface area contributed by atoms with Gasteiger partial charge in [-0.15, -0.1) is 0 Å². The van der Waals surface area contributed by atoms with Crippen molar-refractivity contribution in [3.8, 4) is 0 Å². The zero-order chi connectivity index (χ0) is 14.5. The zero-order valence-electron chi connectivity index (χ0n) is 12.8. The molecule has 20 heavy (non-hydrogen) atoms. The molecule has 0 bridgehead atoms. The maximum Gasteiger partial charge on any atom is 0.309 e. The van der Waals surface area contributed by atoms with E-state index in [2.05, 4.69) is 6.92 Å². The van der Waals surface area contributed by atoms with Crippen molar-refractivity contribution in [2.75, 3.05) is 13.1 Å². The highest BCUT2D eigenvalue weighted by Crippen LogP contribution is 2.30. The molecular formula is C16H27NO3. The highest BCUT2D eigenvalue weighted by Gasteiger charge is 2.32. The molecule has 2 rings (SSSR count). The summed E-state index contributed by atoms with van der Waals surface area (Å²) in [6.07, 6.45) is 7.39. The molecule has 1 aliphatic carbocycles. The Bertz CT molecular complexity index is 348. The quantitative estimate of drug-likeness (QED) is 0.747. The van der Waals surface area contributed by atoms with Gasteiger partial charge in [0, 0.05) is 20.0 Å². The first-order valence-electron chi connectivity index (χ1n) is 8.07. The summed E-state index contributed by atoms with van der Waals surface area (Å²) in [5, 5.41) is 0. The van der Waals surface area contributed by atoms with Gasteiger partial charge >= 0.3 is 5.97 Å². The normalized spacial score (nSPS) is 28.2. The molecule has 2 atom stereocenters. The molecule has 0 aromatic rings. The highest BCUT2D eigenvalue weighted by molar-refractivity contribution is 5.75. The first-order valence-corrected chi connectivity index (χ1v) is 8.07. The van der Waals surface area contributed by atoms with Crippen molar-refractivity contribution in [3.05, 3.63) is 0 Å². The number of likely N-dealkylation sites (tertiary alicyclic amines) is 1. The largest absolute Gasteiger partial charge is 0.462 e. The Morgan fingerprint density at radius 1 is 1.10 bits per heavy atom. The van der Waals surface area contributed by atoms with E-state index in [1.807, 2.05) is 4.90 Å². The summed E-state index contributed by atoms with van der Waals surface area (Å²) in [7, 11) is 0. The minimum atomic E-state index is -0.0291. The molecule has 1 saturated carbocycles. The summed E-state index contributed by atoms with van der Waals surface area (Å²) >= 11 is 0. The number of carbonyl (C=O) groups excluding carboxylic acids is 2. The molecule has 0 radical (unpaired) electrons. The summed E-state index contributed by atoms with van der Waals surface area (Å²) in [5.41, 5.74) is 0. The molecule has 1 saturated heterocycles. The molecule has 0 aromatic carbocycles. The van der Waals surface area contributed by atoms with Crippen LogP contribution in [0.1, 0.15) is 58.8 Å². The Morgan fingerprint density at radius 3 is 2.35 bits per heavy atom. The number of carbonyl (C=O) groups is 2. The average molecular weight is 281 g/mol. The molecule has 4 nitrogen and oxygen atoms in total. The number of rotatable bonds is 3. The molecule has 0 spiro atoms. The molecule has 4 heteroatoms. The van der Waals surface area contributed by atoms with E-state index in [1.54, 1.807) is 6.92 Å². The summed E-state index contributed by atoms with van der Waals surface area (Å²) in [4.78, 5) is 25.4. The Labute approximate surface area is 121 Å². The van der Waals surface area contributed by atoms with Crippen LogP contribution in [0.5, 0.6) is 0 Å². The lowest BCUT2D eigenvalue weighted by Gasteiger charge is -2.34. The molecule has 1 amide bonds. The van der Waals surface area contributed by atoms with Crippen molar-refractivity contribution in [1.29, 1.82) is 0 Å². The zero-order valence-corrected chi connectivity index (χ0v) is 12.8. The number of piperidine rings is 1. The van der Waals surface area contributed by atoms with E-state index in [-0.39, 0.29) is 23.9 Å². The van der Waals surface area contributed by atoms with Gasteiger partial charge in [0.25, 0.3) is 0 Å². The lowest BCUT2D eigenvalue weighted by atomic mass is 9.84. The second kappa shape index (κ2) is 7.09. The second-order valence-electron chi connectivity index (χ2n) is 6.21. The average Bonchev–Trinajstić information content (AvgIpc) is 2.48. The molecule has 1 aliphatic heterocycles. The summed E-state index contributed by atoms with van der Waals surface area (Å²) in [5.74, 6) is 0.615. The molecule has 2 fully saturated rings. The van der Waals surface area contributed by atoms with Crippen LogP contribution in [0, 0.1) is 11.8 Å². The fourth-order valence-corrected chi connectivity index (χ4v) is 3.47.